The number of pyridine rings is 1. The normalized spacial score (nSPS) is 15.7. The molecule has 1 fully saturated rings. The third kappa shape index (κ3) is 5.92. The molecule has 0 saturated carbocycles. The Morgan fingerprint density at radius 3 is 2.59 bits per heavy atom. The number of benzene rings is 1. The van der Waals surface area contributed by atoms with Gasteiger partial charge in [0, 0.05) is 37.3 Å². The fourth-order valence-electron chi connectivity index (χ4n) is 3.46. The molecule has 1 aliphatic rings. The number of aryl methyl sites for hydroxylation is 2. The minimum atomic E-state index is -0.545. The van der Waals surface area contributed by atoms with Crippen molar-refractivity contribution in [2.45, 2.75) is 26.3 Å². The summed E-state index contributed by atoms with van der Waals surface area (Å²) in [6.07, 6.45) is 4.76. The van der Waals surface area contributed by atoms with E-state index in [9.17, 15) is 4.79 Å². The Balaban J connectivity index is 1.67. The van der Waals surface area contributed by atoms with Crippen LogP contribution in [0.3, 0.4) is 0 Å². The number of hydrogen-bond acceptors (Lipinski definition) is 4. The summed E-state index contributed by atoms with van der Waals surface area (Å²) in [5.74, 6) is 0.00924. The van der Waals surface area contributed by atoms with Gasteiger partial charge in [0.2, 0.25) is 5.78 Å². The van der Waals surface area contributed by atoms with Gasteiger partial charge in [-0.25, -0.2) is 0 Å². The van der Waals surface area contributed by atoms with E-state index < -0.39 is 6.04 Å². The standard InChI is InChI=1S/C23H29N3O2S/c1-18-7-8-20(17-19(18)2)22(27)21(26-11-4-3-5-12-26)23(29)24-9-6-10-25-13-15-28-16-14-25/h3-5,7-8,11-12,17,21H,6,9-10,13-16H2,1-2H3/p+1/t21-/m1/s1. The Morgan fingerprint density at radius 1 is 1.17 bits per heavy atom. The molecule has 0 spiro atoms. The van der Waals surface area contributed by atoms with Gasteiger partial charge in [-0.2, -0.15) is 4.57 Å². The summed E-state index contributed by atoms with van der Waals surface area (Å²) >= 11 is 5.68. The first-order chi connectivity index (χ1) is 14.1. The average molecular weight is 413 g/mol. The molecular weight excluding hydrogens is 382 g/mol. The summed E-state index contributed by atoms with van der Waals surface area (Å²) in [5.41, 5.74) is 2.97. The maximum absolute atomic E-state index is 13.4. The Kier molecular flexibility index (Phi) is 7.86. The van der Waals surface area contributed by atoms with Gasteiger partial charge in [-0.15, -0.1) is 0 Å². The van der Waals surface area contributed by atoms with Gasteiger partial charge in [0.15, 0.2) is 17.4 Å². The monoisotopic (exact) mass is 412 g/mol. The largest absolute Gasteiger partial charge is 0.379 e. The molecule has 0 radical (unpaired) electrons. The zero-order chi connectivity index (χ0) is 20.6. The van der Waals surface area contributed by atoms with E-state index in [2.05, 4.69) is 10.2 Å². The van der Waals surface area contributed by atoms with Gasteiger partial charge in [-0.1, -0.05) is 30.4 Å². The van der Waals surface area contributed by atoms with E-state index in [0.29, 0.717) is 10.6 Å². The highest BCUT2D eigenvalue weighted by Gasteiger charge is 2.33. The SMILES string of the molecule is Cc1ccc(C(=O)[C@H](C(=S)NCCCN2CCOCC2)[n+]2ccccc2)cc1C. The number of thiocarbonyl (C=S) groups is 1. The first kappa shape index (κ1) is 21.6. The van der Waals surface area contributed by atoms with Crippen LogP contribution in [-0.2, 0) is 4.74 Å². The third-order valence-electron chi connectivity index (χ3n) is 5.38. The van der Waals surface area contributed by atoms with Crippen LogP contribution in [0.5, 0.6) is 0 Å². The zero-order valence-electron chi connectivity index (χ0n) is 17.3. The maximum Gasteiger partial charge on any atom is 0.270 e. The molecule has 2 aromatic rings. The predicted molar refractivity (Wildman–Crippen MR) is 118 cm³/mol. The minimum Gasteiger partial charge on any atom is -0.379 e. The second-order valence-electron chi connectivity index (χ2n) is 7.49. The van der Waals surface area contributed by atoms with Gasteiger partial charge < -0.3 is 10.1 Å². The van der Waals surface area contributed by atoms with Gasteiger partial charge in [0.1, 0.15) is 0 Å². The van der Waals surface area contributed by atoms with E-state index in [-0.39, 0.29) is 5.78 Å². The van der Waals surface area contributed by atoms with Crippen molar-refractivity contribution in [1.82, 2.24) is 10.2 Å². The fraction of sp³-hybridized carbons (Fsp3) is 0.435. The topological polar surface area (TPSA) is 45.5 Å². The van der Waals surface area contributed by atoms with Crippen LogP contribution >= 0.6 is 12.2 Å². The second-order valence-corrected chi connectivity index (χ2v) is 7.93. The van der Waals surface area contributed by atoms with Gasteiger partial charge in [-0.05, 0) is 44.0 Å². The van der Waals surface area contributed by atoms with E-state index in [1.807, 2.05) is 67.2 Å². The molecule has 2 heterocycles. The number of carbonyl (C=O) groups is 1. The maximum atomic E-state index is 13.4. The smallest absolute Gasteiger partial charge is 0.270 e. The Morgan fingerprint density at radius 2 is 1.90 bits per heavy atom. The molecule has 154 valence electrons. The molecule has 1 aliphatic heterocycles. The van der Waals surface area contributed by atoms with E-state index in [1.54, 1.807) is 0 Å². The average Bonchev–Trinajstić information content (AvgIpc) is 2.75. The molecule has 5 nitrogen and oxygen atoms in total. The predicted octanol–water partition coefficient (Wildman–Crippen LogP) is 2.65. The highest BCUT2D eigenvalue weighted by molar-refractivity contribution is 7.80. The van der Waals surface area contributed by atoms with Crippen LogP contribution in [0.4, 0.5) is 0 Å². The first-order valence-electron chi connectivity index (χ1n) is 10.2. The molecule has 0 aliphatic carbocycles. The summed E-state index contributed by atoms with van der Waals surface area (Å²) in [6, 6.07) is 11.1. The molecule has 1 N–H and O–H groups in total. The summed E-state index contributed by atoms with van der Waals surface area (Å²) in [4.78, 5) is 16.3. The van der Waals surface area contributed by atoms with Gasteiger partial charge in [0.25, 0.3) is 6.04 Å². The van der Waals surface area contributed by atoms with Crippen LogP contribution in [0.2, 0.25) is 0 Å². The lowest BCUT2D eigenvalue weighted by Crippen LogP contribution is -2.51. The second kappa shape index (κ2) is 10.6. The van der Waals surface area contributed by atoms with Gasteiger partial charge >= 0.3 is 0 Å². The highest BCUT2D eigenvalue weighted by Crippen LogP contribution is 2.15. The molecule has 29 heavy (non-hydrogen) atoms. The number of nitrogens with one attached hydrogen (secondary N) is 1. The van der Waals surface area contributed by atoms with E-state index in [0.717, 1.165) is 51.4 Å². The van der Waals surface area contributed by atoms with Crippen LogP contribution < -0.4 is 9.88 Å². The van der Waals surface area contributed by atoms with E-state index >= 15 is 0 Å². The van der Waals surface area contributed by atoms with Crippen molar-refractivity contribution >= 4 is 23.0 Å². The number of morpholine rings is 1. The summed E-state index contributed by atoms with van der Waals surface area (Å²) in [5, 5.41) is 3.33. The lowest BCUT2D eigenvalue weighted by Gasteiger charge is -2.26. The number of ether oxygens (including phenoxy) is 1. The molecule has 1 saturated heterocycles. The number of ketones is 1. The van der Waals surface area contributed by atoms with Crippen molar-refractivity contribution in [3.05, 3.63) is 65.5 Å². The minimum absolute atomic E-state index is 0.00924. The van der Waals surface area contributed by atoms with E-state index in [1.165, 1.54) is 5.56 Å². The Labute approximate surface area is 178 Å². The van der Waals surface area contributed by atoms with Crippen LogP contribution in [-0.4, -0.2) is 55.1 Å². The van der Waals surface area contributed by atoms with Crippen molar-refractivity contribution < 1.29 is 14.1 Å². The van der Waals surface area contributed by atoms with Crippen molar-refractivity contribution in [2.75, 3.05) is 39.4 Å². The number of carbonyl (C=O) groups excluding carboxylic acids is 1. The van der Waals surface area contributed by atoms with Gasteiger partial charge in [0.05, 0.1) is 13.2 Å². The fourth-order valence-corrected chi connectivity index (χ4v) is 3.79. The number of Topliss-reactive ketones (excluding diaryl/α,β-unsaturated/α-hetero) is 1. The quantitative estimate of drug-likeness (QED) is 0.313. The van der Waals surface area contributed by atoms with Crippen molar-refractivity contribution in [2.24, 2.45) is 0 Å². The number of rotatable bonds is 8. The molecule has 0 bridgehead atoms. The van der Waals surface area contributed by atoms with E-state index in [4.69, 9.17) is 17.0 Å². The van der Waals surface area contributed by atoms with Crippen molar-refractivity contribution in [3.8, 4) is 0 Å². The molecule has 6 heteroatoms. The summed E-state index contributed by atoms with van der Waals surface area (Å²) in [6.45, 7) is 9.42. The number of aromatic nitrogens is 1. The van der Waals surface area contributed by atoms with Gasteiger partial charge in [-0.3, -0.25) is 9.69 Å². The summed E-state index contributed by atoms with van der Waals surface area (Å²) in [7, 11) is 0. The lowest BCUT2D eigenvalue weighted by atomic mass is 9.99. The number of hydrogen-bond donors (Lipinski definition) is 1. The molecular formula is C23H30N3O2S+. The molecule has 1 aromatic carbocycles. The number of nitrogens with zero attached hydrogens (tertiary/aromatic N) is 2. The zero-order valence-corrected chi connectivity index (χ0v) is 18.1. The summed E-state index contributed by atoms with van der Waals surface area (Å²) < 4.78 is 7.27. The lowest BCUT2D eigenvalue weighted by molar-refractivity contribution is -0.692. The van der Waals surface area contributed by atoms with Crippen molar-refractivity contribution in [1.29, 1.82) is 0 Å². The first-order valence-corrected chi connectivity index (χ1v) is 10.6. The molecule has 0 unspecified atom stereocenters. The Bertz CT molecular complexity index is 835. The van der Waals surface area contributed by atoms with Crippen LogP contribution in [0, 0.1) is 13.8 Å². The molecule has 1 atom stereocenters. The van der Waals surface area contributed by atoms with Crippen molar-refractivity contribution in [3.63, 3.8) is 0 Å². The van der Waals surface area contributed by atoms with Crippen LogP contribution in [0.25, 0.3) is 0 Å². The highest BCUT2D eigenvalue weighted by atomic mass is 32.1. The molecule has 1 aromatic heterocycles. The third-order valence-corrected chi connectivity index (χ3v) is 5.75. The molecule has 0 amide bonds. The molecule has 3 rings (SSSR count). The Hall–Kier alpha value is -2.15. The van der Waals surface area contributed by atoms with Crippen LogP contribution in [0.1, 0.15) is 33.9 Å². The van der Waals surface area contributed by atoms with Crippen LogP contribution in [0.15, 0.2) is 48.8 Å².